The van der Waals surface area contributed by atoms with Crippen LogP contribution < -0.4 is 0 Å². The van der Waals surface area contributed by atoms with Crippen molar-refractivity contribution in [3.63, 3.8) is 0 Å². The molecule has 0 fully saturated rings. The van der Waals surface area contributed by atoms with Gasteiger partial charge in [0.25, 0.3) is 0 Å². The molecule has 1 aromatic rings. The van der Waals surface area contributed by atoms with Gasteiger partial charge < -0.3 is 5.11 Å². The van der Waals surface area contributed by atoms with Crippen molar-refractivity contribution >= 4 is 12.4 Å². The predicted molar refractivity (Wildman–Crippen MR) is 55.8 cm³/mol. The third-order valence-corrected chi connectivity index (χ3v) is 2.21. The molecule has 1 rings (SSSR count). The molecule has 0 aliphatic rings. The standard InChI is InChI=1S/C11H15NO/c1-7-6-11(12-4)8(2)5-10(7)9(3)13/h5-6,9,13H,4H2,1-3H3. The molecule has 0 radical (unpaired) electrons. The van der Waals surface area contributed by atoms with Crippen LogP contribution >= 0.6 is 0 Å². The van der Waals surface area contributed by atoms with Crippen LogP contribution in [0.1, 0.15) is 29.7 Å². The zero-order chi connectivity index (χ0) is 10.0. The van der Waals surface area contributed by atoms with Crippen LogP contribution in [0.25, 0.3) is 0 Å². The van der Waals surface area contributed by atoms with Crippen molar-refractivity contribution < 1.29 is 5.11 Å². The second kappa shape index (κ2) is 3.71. The molecule has 1 N–H and O–H groups in total. The first-order valence-electron chi connectivity index (χ1n) is 4.32. The van der Waals surface area contributed by atoms with E-state index in [4.69, 9.17) is 0 Å². The number of aliphatic imine (C=N–C) groups is 1. The van der Waals surface area contributed by atoms with Crippen molar-refractivity contribution in [1.29, 1.82) is 0 Å². The maximum atomic E-state index is 9.45. The molecule has 0 heterocycles. The minimum absolute atomic E-state index is 0.419. The summed E-state index contributed by atoms with van der Waals surface area (Å²) in [6, 6.07) is 3.91. The summed E-state index contributed by atoms with van der Waals surface area (Å²) in [7, 11) is 0. The average Bonchev–Trinajstić information content (AvgIpc) is 2.07. The van der Waals surface area contributed by atoms with Crippen molar-refractivity contribution in [2.45, 2.75) is 26.9 Å². The molecule has 70 valence electrons. The van der Waals surface area contributed by atoms with E-state index in [0.29, 0.717) is 0 Å². The second-order valence-electron chi connectivity index (χ2n) is 3.33. The first-order chi connectivity index (χ1) is 6.06. The maximum absolute atomic E-state index is 9.45. The second-order valence-corrected chi connectivity index (χ2v) is 3.33. The van der Waals surface area contributed by atoms with Crippen LogP contribution in [-0.4, -0.2) is 11.8 Å². The number of aliphatic hydroxyl groups excluding tert-OH is 1. The Morgan fingerprint density at radius 1 is 1.31 bits per heavy atom. The van der Waals surface area contributed by atoms with Crippen LogP contribution in [0.3, 0.4) is 0 Å². The predicted octanol–water partition coefficient (Wildman–Crippen LogP) is 2.69. The summed E-state index contributed by atoms with van der Waals surface area (Å²) < 4.78 is 0. The van der Waals surface area contributed by atoms with Gasteiger partial charge in [0.05, 0.1) is 11.8 Å². The van der Waals surface area contributed by atoms with Crippen LogP contribution in [0.4, 0.5) is 5.69 Å². The van der Waals surface area contributed by atoms with E-state index in [2.05, 4.69) is 11.7 Å². The molecule has 0 bridgehead atoms. The molecule has 0 amide bonds. The van der Waals surface area contributed by atoms with E-state index in [1.165, 1.54) is 0 Å². The Labute approximate surface area is 78.9 Å². The van der Waals surface area contributed by atoms with Crippen LogP contribution in [-0.2, 0) is 0 Å². The third-order valence-electron chi connectivity index (χ3n) is 2.21. The van der Waals surface area contributed by atoms with E-state index in [1.807, 2.05) is 26.0 Å². The smallest absolute Gasteiger partial charge is 0.0764 e. The van der Waals surface area contributed by atoms with Crippen molar-refractivity contribution in [1.82, 2.24) is 0 Å². The molecular weight excluding hydrogens is 162 g/mol. The van der Waals surface area contributed by atoms with Crippen molar-refractivity contribution in [2.24, 2.45) is 4.99 Å². The van der Waals surface area contributed by atoms with Gasteiger partial charge in [-0.2, -0.15) is 0 Å². The summed E-state index contributed by atoms with van der Waals surface area (Å²) in [5, 5.41) is 9.45. The molecule has 0 aliphatic heterocycles. The lowest BCUT2D eigenvalue weighted by atomic mass is 10.0. The van der Waals surface area contributed by atoms with E-state index < -0.39 is 6.10 Å². The van der Waals surface area contributed by atoms with E-state index in [1.54, 1.807) is 6.92 Å². The van der Waals surface area contributed by atoms with Crippen LogP contribution in [0.5, 0.6) is 0 Å². The summed E-state index contributed by atoms with van der Waals surface area (Å²) in [5.41, 5.74) is 3.96. The Morgan fingerprint density at radius 2 is 1.92 bits per heavy atom. The van der Waals surface area contributed by atoms with Crippen molar-refractivity contribution in [3.05, 3.63) is 28.8 Å². The molecule has 0 saturated carbocycles. The Balaban J connectivity index is 3.28. The van der Waals surface area contributed by atoms with E-state index in [0.717, 1.165) is 22.4 Å². The Bertz CT molecular complexity index is 329. The summed E-state index contributed by atoms with van der Waals surface area (Å²) in [4.78, 5) is 3.90. The average molecular weight is 177 g/mol. The lowest BCUT2D eigenvalue weighted by Gasteiger charge is -2.11. The van der Waals surface area contributed by atoms with Gasteiger partial charge in [-0.1, -0.05) is 6.07 Å². The highest BCUT2D eigenvalue weighted by Gasteiger charge is 2.07. The largest absolute Gasteiger partial charge is 0.389 e. The lowest BCUT2D eigenvalue weighted by molar-refractivity contribution is 0.198. The molecule has 0 aliphatic carbocycles. The number of nitrogens with zero attached hydrogens (tertiary/aromatic N) is 1. The molecule has 0 spiro atoms. The normalized spacial score (nSPS) is 12.6. The number of rotatable bonds is 2. The maximum Gasteiger partial charge on any atom is 0.0764 e. The minimum Gasteiger partial charge on any atom is -0.389 e. The molecular formula is C11H15NO. The van der Waals surface area contributed by atoms with Gasteiger partial charge in [-0.15, -0.1) is 0 Å². The molecule has 2 nitrogen and oxygen atoms in total. The van der Waals surface area contributed by atoms with Gasteiger partial charge in [-0.05, 0) is 50.2 Å². The summed E-state index contributed by atoms with van der Waals surface area (Å²) in [5.74, 6) is 0. The van der Waals surface area contributed by atoms with E-state index in [-0.39, 0.29) is 0 Å². The summed E-state index contributed by atoms with van der Waals surface area (Å²) in [6.07, 6.45) is -0.419. The van der Waals surface area contributed by atoms with Crippen molar-refractivity contribution in [3.8, 4) is 0 Å². The van der Waals surface area contributed by atoms with Gasteiger partial charge in [0.2, 0.25) is 0 Å². The van der Waals surface area contributed by atoms with Crippen LogP contribution in [0.15, 0.2) is 17.1 Å². The zero-order valence-electron chi connectivity index (χ0n) is 8.33. The number of hydrogen-bond donors (Lipinski definition) is 1. The first-order valence-corrected chi connectivity index (χ1v) is 4.32. The van der Waals surface area contributed by atoms with Gasteiger partial charge in [0.15, 0.2) is 0 Å². The fraction of sp³-hybridized carbons (Fsp3) is 0.364. The van der Waals surface area contributed by atoms with Gasteiger partial charge in [-0.3, -0.25) is 4.99 Å². The van der Waals surface area contributed by atoms with Crippen LogP contribution in [0, 0.1) is 13.8 Å². The SMILES string of the molecule is C=Nc1cc(C)c(C(C)O)cc1C. The Kier molecular flexibility index (Phi) is 2.83. The highest BCUT2D eigenvalue weighted by molar-refractivity contribution is 5.54. The quantitative estimate of drug-likeness (QED) is 0.692. The highest BCUT2D eigenvalue weighted by atomic mass is 16.3. The number of hydrogen-bond acceptors (Lipinski definition) is 2. The molecule has 1 aromatic carbocycles. The number of aliphatic hydroxyl groups is 1. The zero-order valence-corrected chi connectivity index (χ0v) is 8.33. The molecule has 0 saturated heterocycles. The molecule has 2 heteroatoms. The lowest BCUT2D eigenvalue weighted by Crippen LogP contribution is -1.95. The third kappa shape index (κ3) is 1.95. The van der Waals surface area contributed by atoms with E-state index >= 15 is 0 Å². The molecule has 13 heavy (non-hydrogen) atoms. The monoisotopic (exact) mass is 177 g/mol. The van der Waals surface area contributed by atoms with Gasteiger partial charge in [-0.25, -0.2) is 0 Å². The van der Waals surface area contributed by atoms with Gasteiger partial charge >= 0.3 is 0 Å². The fourth-order valence-electron chi connectivity index (χ4n) is 1.44. The van der Waals surface area contributed by atoms with Crippen molar-refractivity contribution in [2.75, 3.05) is 0 Å². The first kappa shape index (κ1) is 9.93. The minimum atomic E-state index is -0.419. The molecule has 0 aromatic heterocycles. The Hall–Kier alpha value is -1.15. The van der Waals surface area contributed by atoms with Crippen LogP contribution in [0.2, 0.25) is 0 Å². The van der Waals surface area contributed by atoms with E-state index in [9.17, 15) is 5.11 Å². The number of aryl methyl sites for hydroxylation is 2. The van der Waals surface area contributed by atoms with Gasteiger partial charge in [0.1, 0.15) is 0 Å². The molecule has 1 atom stereocenters. The molecule has 1 unspecified atom stereocenters. The fourth-order valence-corrected chi connectivity index (χ4v) is 1.44. The summed E-state index contributed by atoms with van der Waals surface area (Å²) >= 11 is 0. The Morgan fingerprint density at radius 3 is 2.38 bits per heavy atom. The van der Waals surface area contributed by atoms with Gasteiger partial charge in [0, 0.05) is 0 Å². The highest BCUT2D eigenvalue weighted by Crippen LogP contribution is 2.26. The summed E-state index contributed by atoms with van der Waals surface area (Å²) in [6.45, 7) is 9.20. The topological polar surface area (TPSA) is 32.6 Å². The number of benzene rings is 1.